The normalized spacial score (nSPS) is 18.1. The summed E-state index contributed by atoms with van der Waals surface area (Å²) in [5, 5.41) is 11.1. The lowest BCUT2D eigenvalue weighted by molar-refractivity contribution is -0.384. The molecule has 1 unspecified atom stereocenters. The van der Waals surface area contributed by atoms with Crippen LogP contribution in [0.15, 0.2) is 42.5 Å². The van der Waals surface area contributed by atoms with Crippen molar-refractivity contribution >= 4 is 28.9 Å². The molecular weight excluding hydrogens is 374 g/mol. The fourth-order valence-corrected chi connectivity index (χ4v) is 3.99. The summed E-state index contributed by atoms with van der Waals surface area (Å²) in [5.41, 5.74) is 2.10. The van der Waals surface area contributed by atoms with Crippen LogP contribution < -0.4 is 14.5 Å². The number of nitro groups is 1. The maximum absolute atomic E-state index is 13.2. The Morgan fingerprint density at radius 3 is 2.79 bits per heavy atom. The van der Waals surface area contributed by atoms with E-state index in [1.807, 2.05) is 25.1 Å². The lowest BCUT2D eigenvalue weighted by Gasteiger charge is -2.22. The van der Waals surface area contributed by atoms with E-state index in [1.165, 1.54) is 12.1 Å². The van der Waals surface area contributed by atoms with E-state index in [1.54, 1.807) is 21.9 Å². The Morgan fingerprint density at radius 1 is 1.24 bits per heavy atom. The fourth-order valence-electron chi connectivity index (χ4n) is 3.99. The second-order valence-corrected chi connectivity index (χ2v) is 7.12. The van der Waals surface area contributed by atoms with Crippen LogP contribution in [0.2, 0.25) is 0 Å². The molecule has 0 aliphatic carbocycles. The number of hydrogen-bond donors (Lipinski definition) is 0. The molecule has 8 heteroatoms. The number of carbonyl (C=O) groups excluding carboxylic acids is 2. The zero-order chi connectivity index (χ0) is 20.5. The van der Waals surface area contributed by atoms with Gasteiger partial charge >= 0.3 is 0 Å². The SMILES string of the molecule is CCOc1ccccc1N1CC(C(=O)N2CCc3ccc([N+](=O)[O-])cc32)CC1=O. The molecule has 2 aromatic carbocycles. The molecular formula is C21H21N3O5. The van der Waals surface area contributed by atoms with Gasteiger partial charge in [0.1, 0.15) is 5.75 Å². The minimum Gasteiger partial charge on any atom is -0.492 e. The summed E-state index contributed by atoms with van der Waals surface area (Å²) in [6.07, 6.45) is 0.761. The number of benzene rings is 2. The number of non-ortho nitro benzene ring substituents is 1. The zero-order valence-electron chi connectivity index (χ0n) is 16.0. The van der Waals surface area contributed by atoms with Gasteiger partial charge in [-0.05, 0) is 31.0 Å². The molecule has 0 aromatic heterocycles. The summed E-state index contributed by atoms with van der Waals surface area (Å²) in [4.78, 5) is 39.6. The van der Waals surface area contributed by atoms with Crippen LogP contribution in [0.5, 0.6) is 5.75 Å². The topological polar surface area (TPSA) is 93.0 Å². The molecule has 0 radical (unpaired) electrons. The van der Waals surface area contributed by atoms with Crippen molar-refractivity contribution in [2.45, 2.75) is 19.8 Å². The van der Waals surface area contributed by atoms with Crippen molar-refractivity contribution in [3.63, 3.8) is 0 Å². The van der Waals surface area contributed by atoms with Gasteiger partial charge in [0.2, 0.25) is 11.8 Å². The lowest BCUT2D eigenvalue weighted by Crippen LogP contribution is -2.36. The molecule has 1 atom stereocenters. The number of nitrogens with zero attached hydrogens (tertiary/aromatic N) is 3. The lowest BCUT2D eigenvalue weighted by atomic mass is 10.1. The number of amides is 2. The highest BCUT2D eigenvalue weighted by atomic mass is 16.6. The van der Waals surface area contributed by atoms with Gasteiger partial charge in [0.05, 0.1) is 28.8 Å². The number of carbonyl (C=O) groups is 2. The highest BCUT2D eigenvalue weighted by Crippen LogP contribution is 2.36. The Morgan fingerprint density at radius 2 is 2.03 bits per heavy atom. The van der Waals surface area contributed by atoms with E-state index in [0.29, 0.717) is 36.7 Å². The summed E-state index contributed by atoms with van der Waals surface area (Å²) in [6, 6.07) is 11.9. The molecule has 0 spiro atoms. The van der Waals surface area contributed by atoms with Crippen molar-refractivity contribution in [3.8, 4) is 5.75 Å². The van der Waals surface area contributed by atoms with E-state index in [9.17, 15) is 19.7 Å². The second-order valence-electron chi connectivity index (χ2n) is 7.12. The third-order valence-electron chi connectivity index (χ3n) is 5.37. The van der Waals surface area contributed by atoms with Crippen molar-refractivity contribution in [1.29, 1.82) is 0 Å². The van der Waals surface area contributed by atoms with E-state index in [-0.39, 0.29) is 30.5 Å². The molecule has 0 saturated carbocycles. The summed E-state index contributed by atoms with van der Waals surface area (Å²) in [5.74, 6) is -0.191. The highest BCUT2D eigenvalue weighted by Gasteiger charge is 2.40. The minimum absolute atomic E-state index is 0.0433. The smallest absolute Gasteiger partial charge is 0.271 e. The number of para-hydroxylation sites is 2. The summed E-state index contributed by atoms with van der Waals surface area (Å²) >= 11 is 0. The molecule has 2 amide bonds. The Hall–Kier alpha value is -3.42. The van der Waals surface area contributed by atoms with Gasteiger partial charge < -0.3 is 14.5 Å². The molecule has 1 fully saturated rings. The maximum Gasteiger partial charge on any atom is 0.271 e. The monoisotopic (exact) mass is 395 g/mol. The van der Waals surface area contributed by atoms with Crippen LogP contribution >= 0.6 is 0 Å². The highest BCUT2D eigenvalue weighted by molar-refractivity contribution is 6.05. The average molecular weight is 395 g/mol. The maximum atomic E-state index is 13.2. The van der Waals surface area contributed by atoms with Gasteiger partial charge in [-0.3, -0.25) is 19.7 Å². The predicted octanol–water partition coefficient (Wildman–Crippen LogP) is 2.94. The molecule has 29 heavy (non-hydrogen) atoms. The molecule has 8 nitrogen and oxygen atoms in total. The van der Waals surface area contributed by atoms with Gasteiger partial charge in [0, 0.05) is 31.6 Å². The zero-order valence-corrected chi connectivity index (χ0v) is 16.0. The van der Waals surface area contributed by atoms with Gasteiger partial charge in [-0.25, -0.2) is 0 Å². The van der Waals surface area contributed by atoms with Crippen molar-refractivity contribution in [1.82, 2.24) is 0 Å². The van der Waals surface area contributed by atoms with Gasteiger partial charge in [-0.15, -0.1) is 0 Å². The largest absolute Gasteiger partial charge is 0.492 e. The molecule has 2 aromatic rings. The Bertz CT molecular complexity index is 990. The third-order valence-corrected chi connectivity index (χ3v) is 5.37. The summed E-state index contributed by atoms with van der Waals surface area (Å²) < 4.78 is 5.62. The first-order chi connectivity index (χ1) is 14.0. The van der Waals surface area contributed by atoms with Crippen molar-refractivity contribution in [2.24, 2.45) is 5.92 Å². The van der Waals surface area contributed by atoms with Gasteiger partial charge in [-0.1, -0.05) is 18.2 Å². The molecule has 2 aliphatic rings. The van der Waals surface area contributed by atoms with Crippen LogP contribution in [0.4, 0.5) is 17.1 Å². The quantitative estimate of drug-likeness (QED) is 0.573. The van der Waals surface area contributed by atoms with Crippen LogP contribution in [-0.4, -0.2) is 36.4 Å². The first kappa shape index (κ1) is 18.9. The molecule has 0 N–H and O–H groups in total. The van der Waals surface area contributed by atoms with Gasteiger partial charge in [0.15, 0.2) is 0 Å². The first-order valence-corrected chi connectivity index (χ1v) is 9.60. The number of hydrogen-bond acceptors (Lipinski definition) is 5. The summed E-state index contributed by atoms with van der Waals surface area (Å²) in [6.45, 7) is 3.09. The molecule has 150 valence electrons. The van der Waals surface area contributed by atoms with Crippen LogP contribution in [0.25, 0.3) is 0 Å². The Kier molecular flexibility index (Phi) is 4.92. The Balaban J connectivity index is 1.56. The number of rotatable bonds is 5. The van der Waals surface area contributed by atoms with E-state index in [2.05, 4.69) is 0 Å². The number of nitro benzene ring substituents is 1. The van der Waals surface area contributed by atoms with Crippen molar-refractivity contribution < 1.29 is 19.2 Å². The summed E-state index contributed by atoms with van der Waals surface area (Å²) in [7, 11) is 0. The molecule has 2 aliphatic heterocycles. The van der Waals surface area contributed by atoms with E-state index >= 15 is 0 Å². The third kappa shape index (κ3) is 3.41. The number of anilines is 2. The molecule has 1 saturated heterocycles. The molecule has 0 bridgehead atoms. The van der Waals surface area contributed by atoms with Crippen molar-refractivity contribution in [3.05, 3.63) is 58.1 Å². The average Bonchev–Trinajstić information content (AvgIpc) is 3.31. The predicted molar refractivity (Wildman–Crippen MR) is 107 cm³/mol. The number of ether oxygens (including phenoxy) is 1. The molecule has 4 rings (SSSR count). The van der Waals surface area contributed by atoms with E-state index in [4.69, 9.17) is 4.74 Å². The van der Waals surface area contributed by atoms with Gasteiger partial charge in [0.25, 0.3) is 5.69 Å². The number of fused-ring (bicyclic) bond motifs is 1. The fraction of sp³-hybridized carbons (Fsp3) is 0.333. The first-order valence-electron chi connectivity index (χ1n) is 9.60. The minimum atomic E-state index is -0.498. The van der Waals surface area contributed by atoms with Crippen LogP contribution in [0.3, 0.4) is 0 Å². The van der Waals surface area contributed by atoms with Crippen LogP contribution in [0.1, 0.15) is 18.9 Å². The van der Waals surface area contributed by atoms with E-state index < -0.39 is 10.8 Å². The van der Waals surface area contributed by atoms with Crippen LogP contribution in [0, 0.1) is 16.0 Å². The molecule has 2 heterocycles. The van der Waals surface area contributed by atoms with Crippen LogP contribution in [-0.2, 0) is 16.0 Å². The standard InChI is InChI=1S/C21H21N3O5/c1-2-29-19-6-4-3-5-17(19)23-13-15(11-20(23)25)21(26)22-10-9-14-7-8-16(24(27)28)12-18(14)22/h3-8,12,15H,2,9-11,13H2,1H3. The van der Waals surface area contributed by atoms with Gasteiger partial charge in [-0.2, -0.15) is 0 Å². The van der Waals surface area contributed by atoms with Crippen molar-refractivity contribution in [2.75, 3.05) is 29.5 Å². The Labute approximate surface area is 167 Å². The second kappa shape index (κ2) is 7.54. The van der Waals surface area contributed by atoms with E-state index in [0.717, 1.165) is 5.56 Å².